The average Bonchev–Trinajstić information content (AvgIpc) is 2.39. The normalized spacial score (nSPS) is 10.1. The molecule has 0 heterocycles. The van der Waals surface area contributed by atoms with E-state index in [9.17, 15) is 0 Å². The van der Waals surface area contributed by atoms with Gasteiger partial charge in [-0.3, -0.25) is 0 Å². The van der Waals surface area contributed by atoms with Crippen molar-refractivity contribution in [3.05, 3.63) is 57.5 Å². The van der Waals surface area contributed by atoms with E-state index in [4.69, 9.17) is 9.47 Å². The lowest BCUT2D eigenvalue weighted by Crippen LogP contribution is -2.08. The molecule has 0 fully saturated rings. The molecule has 0 aromatic heterocycles. The highest BCUT2D eigenvalue weighted by molar-refractivity contribution is 9.10. The van der Waals surface area contributed by atoms with Crippen molar-refractivity contribution in [2.75, 3.05) is 13.2 Å². The Morgan fingerprint density at radius 2 is 0.944 bits per heavy atom. The van der Waals surface area contributed by atoms with Crippen molar-refractivity contribution in [1.29, 1.82) is 0 Å². The van der Waals surface area contributed by atoms with Crippen LogP contribution in [0.15, 0.2) is 57.5 Å². The molecule has 0 N–H and O–H groups in total. The summed E-state index contributed by atoms with van der Waals surface area (Å²) in [7, 11) is 0. The highest BCUT2D eigenvalue weighted by Crippen LogP contribution is 2.17. The molecule has 0 radical (unpaired) electrons. The Balaban J connectivity index is 1.73. The van der Waals surface area contributed by atoms with Crippen LogP contribution >= 0.6 is 31.9 Å². The van der Waals surface area contributed by atoms with Gasteiger partial charge in [-0.25, -0.2) is 0 Å². The molecular formula is C14H12Br2O2. The average molecular weight is 372 g/mol. The molecule has 18 heavy (non-hydrogen) atoms. The Morgan fingerprint density at radius 3 is 1.28 bits per heavy atom. The highest BCUT2D eigenvalue weighted by Gasteiger charge is 1.96. The number of rotatable bonds is 5. The molecule has 2 rings (SSSR count). The first-order valence-corrected chi connectivity index (χ1v) is 7.09. The SMILES string of the molecule is Brc1ccc(OCCOc2ccc(Br)cc2)cc1. The van der Waals surface area contributed by atoms with E-state index in [0.29, 0.717) is 13.2 Å². The van der Waals surface area contributed by atoms with Crippen molar-refractivity contribution in [3.8, 4) is 11.5 Å². The molecule has 0 amide bonds. The minimum Gasteiger partial charge on any atom is -0.490 e. The zero-order chi connectivity index (χ0) is 12.8. The standard InChI is InChI=1S/C14H12Br2O2/c15-11-1-5-13(6-2-11)17-9-10-18-14-7-3-12(16)4-8-14/h1-8H,9-10H2. The lowest BCUT2D eigenvalue weighted by atomic mass is 10.3. The third-order valence-corrected chi connectivity index (χ3v) is 3.31. The quantitative estimate of drug-likeness (QED) is 0.711. The van der Waals surface area contributed by atoms with E-state index in [2.05, 4.69) is 31.9 Å². The Morgan fingerprint density at radius 1 is 0.611 bits per heavy atom. The van der Waals surface area contributed by atoms with Gasteiger partial charge in [0.2, 0.25) is 0 Å². The zero-order valence-corrected chi connectivity index (χ0v) is 12.8. The summed E-state index contributed by atoms with van der Waals surface area (Å²) in [6.45, 7) is 1.05. The molecule has 2 nitrogen and oxygen atoms in total. The van der Waals surface area contributed by atoms with Crippen LogP contribution in [-0.4, -0.2) is 13.2 Å². The molecule has 0 aliphatic carbocycles. The second-order valence-corrected chi connectivity index (χ2v) is 5.44. The first kappa shape index (κ1) is 13.4. The fraction of sp³-hybridized carbons (Fsp3) is 0.143. The molecule has 0 aliphatic rings. The summed E-state index contributed by atoms with van der Waals surface area (Å²) in [5.41, 5.74) is 0. The Hall–Kier alpha value is -1.00. The van der Waals surface area contributed by atoms with Gasteiger partial charge in [-0.2, -0.15) is 0 Å². The van der Waals surface area contributed by atoms with Gasteiger partial charge in [0, 0.05) is 8.95 Å². The van der Waals surface area contributed by atoms with Gasteiger partial charge >= 0.3 is 0 Å². The Kier molecular flexibility index (Phi) is 5.08. The van der Waals surface area contributed by atoms with E-state index < -0.39 is 0 Å². The van der Waals surface area contributed by atoms with Crippen LogP contribution < -0.4 is 9.47 Å². The van der Waals surface area contributed by atoms with Crippen LogP contribution in [0.1, 0.15) is 0 Å². The molecule has 94 valence electrons. The summed E-state index contributed by atoms with van der Waals surface area (Å²) in [6, 6.07) is 15.5. The maximum atomic E-state index is 5.55. The van der Waals surface area contributed by atoms with Crippen LogP contribution in [0, 0.1) is 0 Å². The van der Waals surface area contributed by atoms with Crippen LogP contribution in [-0.2, 0) is 0 Å². The smallest absolute Gasteiger partial charge is 0.122 e. The van der Waals surface area contributed by atoms with Crippen LogP contribution in [0.5, 0.6) is 11.5 Å². The van der Waals surface area contributed by atoms with Crippen molar-refractivity contribution < 1.29 is 9.47 Å². The largest absolute Gasteiger partial charge is 0.490 e. The molecule has 0 saturated heterocycles. The van der Waals surface area contributed by atoms with Gasteiger partial charge in [0.05, 0.1) is 0 Å². The molecule has 0 unspecified atom stereocenters. The summed E-state index contributed by atoms with van der Waals surface area (Å²) in [5.74, 6) is 1.69. The number of benzene rings is 2. The first-order chi connectivity index (χ1) is 8.74. The van der Waals surface area contributed by atoms with E-state index in [-0.39, 0.29) is 0 Å². The summed E-state index contributed by atoms with van der Waals surface area (Å²) >= 11 is 6.76. The topological polar surface area (TPSA) is 18.5 Å². The number of ether oxygens (including phenoxy) is 2. The Labute approximate surface area is 123 Å². The summed E-state index contributed by atoms with van der Waals surface area (Å²) in [5, 5.41) is 0. The van der Waals surface area contributed by atoms with Crippen molar-refractivity contribution in [3.63, 3.8) is 0 Å². The minimum atomic E-state index is 0.525. The van der Waals surface area contributed by atoms with Gasteiger partial charge in [0.1, 0.15) is 24.7 Å². The predicted molar refractivity (Wildman–Crippen MR) is 79.3 cm³/mol. The van der Waals surface area contributed by atoms with E-state index in [1.165, 1.54) is 0 Å². The van der Waals surface area contributed by atoms with Crippen molar-refractivity contribution in [2.24, 2.45) is 0 Å². The van der Waals surface area contributed by atoms with Gasteiger partial charge in [-0.05, 0) is 48.5 Å². The summed E-state index contributed by atoms with van der Waals surface area (Å²) in [4.78, 5) is 0. The fourth-order valence-electron chi connectivity index (χ4n) is 1.38. The molecule has 4 heteroatoms. The van der Waals surface area contributed by atoms with Crippen LogP contribution in [0.25, 0.3) is 0 Å². The van der Waals surface area contributed by atoms with Crippen LogP contribution in [0.3, 0.4) is 0 Å². The van der Waals surface area contributed by atoms with Crippen LogP contribution in [0.2, 0.25) is 0 Å². The lowest BCUT2D eigenvalue weighted by molar-refractivity contribution is 0.217. The van der Waals surface area contributed by atoms with Gasteiger partial charge in [0.25, 0.3) is 0 Å². The minimum absolute atomic E-state index is 0.525. The maximum Gasteiger partial charge on any atom is 0.122 e. The third kappa shape index (κ3) is 4.35. The van der Waals surface area contributed by atoms with Crippen molar-refractivity contribution in [2.45, 2.75) is 0 Å². The molecule has 0 saturated carbocycles. The summed E-state index contributed by atoms with van der Waals surface area (Å²) in [6.07, 6.45) is 0. The predicted octanol–water partition coefficient (Wildman–Crippen LogP) is 4.67. The summed E-state index contributed by atoms with van der Waals surface area (Å²) < 4.78 is 13.2. The van der Waals surface area contributed by atoms with E-state index in [1.54, 1.807) is 0 Å². The second kappa shape index (κ2) is 6.81. The fourth-order valence-corrected chi connectivity index (χ4v) is 1.91. The molecular weight excluding hydrogens is 360 g/mol. The number of halogens is 2. The van der Waals surface area contributed by atoms with E-state index in [1.807, 2.05) is 48.5 Å². The van der Waals surface area contributed by atoms with Crippen LogP contribution in [0.4, 0.5) is 0 Å². The number of hydrogen-bond donors (Lipinski definition) is 0. The highest BCUT2D eigenvalue weighted by atomic mass is 79.9. The third-order valence-electron chi connectivity index (χ3n) is 2.25. The zero-order valence-electron chi connectivity index (χ0n) is 9.61. The molecule has 2 aromatic rings. The van der Waals surface area contributed by atoms with Gasteiger partial charge < -0.3 is 9.47 Å². The van der Waals surface area contributed by atoms with Gasteiger partial charge in [0.15, 0.2) is 0 Å². The molecule has 0 bridgehead atoms. The van der Waals surface area contributed by atoms with E-state index >= 15 is 0 Å². The molecule has 0 spiro atoms. The molecule has 2 aromatic carbocycles. The van der Waals surface area contributed by atoms with Crippen molar-refractivity contribution >= 4 is 31.9 Å². The van der Waals surface area contributed by atoms with Gasteiger partial charge in [-0.15, -0.1) is 0 Å². The Bertz CT molecular complexity index is 433. The maximum absolute atomic E-state index is 5.55. The van der Waals surface area contributed by atoms with E-state index in [0.717, 1.165) is 20.4 Å². The van der Waals surface area contributed by atoms with Crippen molar-refractivity contribution in [1.82, 2.24) is 0 Å². The monoisotopic (exact) mass is 370 g/mol. The second-order valence-electron chi connectivity index (χ2n) is 3.60. The lowest BCUT2D eigenvalue weighted by Gasteiger charge is -2.08. The first-order valence-electron chi connectivity index (χ1n) is 5.51. The molecule has 0 aliphatic heterocycles. The molecule has 0 atom stereocenters. The van der Waals surface area contributed by atoms with Gasteiger partial charge in [-0.1, -0.05) is 31.9 Å². The number of hydrogen-bond acceptors (Lipinski definition) is 2.